The molecule has 0 heterocycles. The number of benzene rings is 1. The number of rotatable bonds is 3. The Morgan fingerprint density at radius 2 is 2.07 bits per heavy atom. The summed E-state index contributed by atoms with van der Waals surface area (Å²) in [6.07, 6.45) is 0. The summed E-state index contributed by atoms with van der Waals surface area (Å²) in [6.45, 7) is 2.84. The predicted molar refractivity (Wildman–Crippen MR) is 64.3 cm³/mol. The van der Waals surface area contributed by atoms with Gasteiger partial charge in [0.05, 0.1) is 5.75 Å². The van der Waals surface area contributed by atoms with E-state index in [-0.39, 0.29) is 0 Å². The molecule has 0 saturated heterocycles. The lowest BCUT2D eigenvalue weighted by Gasteiger charge is -2.02. The minimum absolute atomic E-state index is 0.500. The molecule has 0 aliphatic rings. The van der Waals surface area contributed by atoms with Crippen LogP contribution in [0.4, 0.5) is 0 Å². The zero-order chi connectivity index (χ0) is 10.2. The van der Waals surface area contributed by atoms with Crippen molar-refractivity contribution in [3.05, 3.63) is 35.9 Å². The highest BCUT2D eigenvalue weighted by Crippen LogP contribution is 2.06. The molecule has 0 aliphatic carbocycles. The van der Waals surface area contributed by atoms with E-state index < -0.39 is 0 Å². The van der Waals surface area contributed by atoms with Gasteiger partial charge in [-0.25, -0.2) is 0 Å². The molecule has 0 aromatic heterocycles. The Labute approximate surface area is 90.1 Å². The van der Waals surface area contributed by atoms with Crippen molar-refractivity contribution < 1.29 is 0 Å². The topological polar surface area (TPSA) is 26.0 Å². The summed E-state index contributed by atoms with van der Waals surface area (Å²) >= 11 is 1.80. The van der Waals surface area contributed by atoms with E-state index >= 15 is 0 Å². The highest BCUT2D eigenvalue weighted by Gasteiger charge is 1.95. The number of thioether (sulfide) groups is 1. The smallest absolute Gasteiger partial charge is 0.0554 e. The first kappa shape index (κ1) is 11.2. The quantitative estimate of drug-likeness (QED) is 0.765. The molecule has 0 spiro atoms. The third kappa shape index (κ3) is 4.36. The lowest BCUT2D eigenvalue weighted by atomic mass is 10.2. The van der Waals surface area contributed by atoms with Gasteiger partial charge in [-0.05, 0) is 12.1 Å². The van der Waals surface area contributed by atoms with Crippen molar-refractivity contribution in [3.63, 3.8) is 0 Å². The Kier molecular flexibility index (Phi) is 5.21. The van der Waals surface area contributed by atoms with Crippen LogP contribution in [0.2, 0.25) is 0 Å². The summed E-state index contributed by atoms with van der Waals surface area (Å²) in [5.74, 6) is 7.09. The second-order valence-corrected chi connectivity index (χ2v) is 4.45. The first-order valence-corrected chi connectivity index (χ1v) is 5.73. The van der Waals surface area contributed by atoms with Crippen LogP contribution >= 0.6 is 11.8 Å². The van der Waals surface area contributed by atoms with E-state index in [1.54, 1.807) is 11.8 Å². The Balaban J connectivity index is 2.34. The molecule has 1 atom stereocenters. The second kappa shape index (κ2) is 6.53. The summed E-state index contributed by atoms with van der Waals surface area (Å²) < 4.78 is 0. The van der Waals surface area contributed by atoms with Crippen LogP contribution in [0.3, 0.4) is 0 Å². The average molecular weight is 205 g/mol. The van der Waals surface area contributed by atoms with Gasteiger partial charge < -0.3 is 5.73 Å². The standard InChI is InChI=1S/C12H15NS/c1-11(10-13)14-9-5-8-12-6-3-2-4-7-12/h2-4,6-7,11H,9-10,13H2,1H3. The van der Waals surface area contributed by atoms with Crippen molar-refractivity contribution in [1.29, 1.82) is 0 Å². The van der Waals surface area contributed by atoms with Crippen LogP contribution in [-0.4, -0.2) is 17.5 Å². The zero-order valence-electron chi connectivity index (χ0n) is 8.36. The number of hydrogen-bond acceptors (Lipinski definition) is 2. The van der Waals surface area contributed by atoms with E-state index in [0.717, 1.165) is 17.9 Å². The van der Waals surface area contributed by atoms with Crippen LogP contribution in [0.15, 0.2) is 30.3 Å². The molecular weight excluding hydrogens is 190 g/mol. The van der Waals surface area contributed by atoms with Gasteiger partial charge in [0.15, 0.2) is 0 Å². The summed E-state index contributed by atoms with van der Waals surface area (Å²) in [5.41, 5.74) is 6.57. The summed E-state index contributed by atoms with van der Waals surface area (Å²) in [5, 5.41) is 0.500. The van der Waals surface area contributed by atoms with E-state index in [4.69, 9.17) is 5.73 Å². The van der Waals surface area contributed by atoms with Crippen molar-refractivity contribution in [2.24, 2.45) is 5.73 Å². The SMILES string of the molecule is CC(CN)SCC#Cc1ccccc1. The third-order valence-corrected chi connectivity index (χ3v) is 2.85. The molecule has 1 aromatic rings. The first-order chi connectivity index (χ1) is 6.83. The molecule has 2 N–H and O–H groups in total. The van der Waals surface area contributed by atoms with Gasteiger partial charge in [-0.3, -0.25) is 0 Å². The molecule has 1 nitrogen and oxygen atoms in total. The summed E-state index contributed by atoms with van der Waals surface area (Å²) in [7, 11) is 0. The van der Waals surface area contributed by atoms with Crippen molar-refractivity contribution in [2.45, 2.75) is 12.2 Å². The van der Waals surface area contributed by atoms with Crippen molar-refractivity contribution in [3.8, 4) is 11.8 Å². The van der Waals surface area contributed by atoms with E-state index in [2.05, 4.69) is 18.8 Å². The predicted octanol–water partition coefficient (Wildman–Crippen LogP) is 2.12. The minimum atomic E-state index is 0.500. The van der Waals surface area contributed by atoms with Crippen LogP contribution in [0.5, 0.6) is 0 Å². The second-order valence-electron chi connectivity index (χ2n) is 3.03. The number of hydrogen-bond donors (Lipinski definition) is 1. The third-order valence-electron chi connectivity index (χ3n) is 1.78. The molecule has 2 heteroatoms. The maximum absolute atomic E-state index is 5.50. The highest BCUT2D eigenvalue weighted by molar-refractivity contribution is 8.00. The monoisotopic (exact) mass is 205 g/mol. The molecule has 1 rings (SSSR count). The maximum atomic E-state index is 5.50. The van der Waals surface area contributed by atoms with Gasteiger partial charge in [-0.1, -0.05) is 37.0 Å². The van der Waals surface area contributed by atoms with Crippen LogP contribution in [0, 0.1) is 11.8 Å². The van der Waals surface area contributed by atoms with Gasteiger partial charge in [0.2, 0.25) is 0 Å². The van der Waals surface area contributed by atoms with E-state index in [9.17, 15) is 0 Å². The molecule has 1 unspecified atom stereocenters. The van der Waals surface area contributed by atoms with Crippen LogP contribution < -0.4 is 5.73 Å². The molecule has 0 saturated carbocycles. The number of nitrogens with two attached hydrogens (primary N) is 1. The molecule has 1 aromatic carbocycles. The average Bonchev–Trinajstić information content (AvgIpc) is 2.25. The fourth-order valence-corrected chi connectivity index (χ4v) is 1.49. The maximum Gasteiger partial charge on any atom is 0.0554 e. The van der Waals surface area contributed by atoms with E-state index in [0.29, 0.717) is 5.25 Å². The van der Waals surface area contributed by atoms with Gasteiger partial charge in [-0.15, -0.1) is 11.8 Å². The van der Waals surface area contributed by atoms with Crippen molar-refractivity contribution in [2.75, 3.05) is 12.3 Å². The summed E-state index contributed by atoms with van der Waals surface area (Å²) in [4.78, 5) is 0. The van der Waals surface area contributed by atoms with Gasteiger partial charge in [0, 0.05) is 17.4 Å². The molecule has 74 valence electrons. The molecule has 0 amide bonds. The lowest BCUT2D eigenvalue weighted by Crippen LogP contribution is -2.12. The molecule has 0 radical (unpaired) electrons. The summed E-state index contributed by atoms with van der Waals surface area (Å²) in [6, 6.07) is 10.0. The van der Waals surface area contributed by atoms with Gasteiger partial charge in [0.25, 0.3) is 0 Å². The zero-order valence-corrected chi connectivity index (χ0v) is 9.18. The largest absolute Gasteiger partial charge is 0.329 e. The van der Waals surface area contributed by atoms with Crippen LogP contribution in [-0.2, 0) is 0 Å². The van der Waals surface area contributed by atoms with Crippen molar-refractivity contribution in [1.82, 2.24) is 0 Å². The fourth-order valence-electron chi connectivity index (χ4n) is 0.912. The highest BCUT2D eigenvalue weighted by atomic mass is 32.2. The molecule has 14 heavy (non-hydrogen) atoms. The molecule has 0 fully saturated rings. The van der Waals surface area contributed by atoms with E-state index in [1.165, 1.54) is 0 Å². The van der Waals surface area contributed by atoms with Crippen molar-refractivity contribution >= 4 is 11.8 Å². The molecule has 0 bridgehead atoms. The lowest BCUT2D eigenvalue weighted by molar-refractivity contribution is 0.954. The normalized spacial score (nSPS) is 11.6. The Bertz CT molecular complexity index is 310. The van der Waals surface area contributed by atoms with E-state index in [1.807, 2.05) is 30.3 Å². The van der Waals surface area contributed by atoms with Gasteiger partial charge in [-0.2, -0.15) is 0 Å². The first-order valence-electron chi connectivity index (χ1n) is 4.68. The molecular formula is C12H15NS. The fraction of sp³-hybridized carbons (Fsp3) is 0.333. The Hall–Kier alpha value is -0.910. The van der Waals surface area contributed by atoms with Gasteiger partial charge >= 0.3 is 0 Å². The van der Waals surface area contributed by atoms with Crippen LogP contribution in [0.25, 0.3) is 0 Å². The Morgan fingerprint density at radius 3 is 2.71 bits per heavy atom. The van der Waals surface area contributed by atoms with Gasteiger partial charge in [0.1, 0.15) is 0 Å². The Morgan fingerprint density at radius 1 is 1.36 bits per heavy atom. The minimum Gasteiger partial charge on any atom is -0.329 e. The molecule has 0 aliphatic heterocycles. The van der Waals surface area contributed by atoms with Crippen LogP contribution in [0.1, 0.15) is 12.5 Å².